The van der Waals surface area contributed by atoms with Gasteiger partial charge in [-0.05, 0) is 12.1 Å². The van der Waals surface area contributed by atoms with Crippen molar-refractivity contribution in [1.82, 2.24) is 5.16 Å². The van der Waals surface area contributed by atoms with Crippen LogP contribution < -0.4 is 0 Å². The predicted octanol–water partition coefficient (Wildman–Crippen LogP) is 2.83. The quantitative estimate of drug-likeness (QED) is 0.820. The standard InChI is InChI=1S/C8H3Cl2NO3/c9-3-1-4-6(5(10)2-3)11-14-7(4)8(12)13/h1-2H,(H,12,13). The first-order valence-corrected chi connectivity index (χ1v) is 4.33. The largest absolute Gasteiger partial charge is 0.475 e. The van der Waals surface area contributed by atoms with E-state index in [-0.39, 0.29) is 10.8 Å². The summed E-state index contributed by atoms with van der Waals surface area (Å²) in [6.45, 7) is 0. The number of halogens is 2. The van der Waals surface area contributed by atoms with Crippen LogP contribution in [0.1, 0.15) is 10.6 Å². The van der Waals surface area contributed by atoms with Gasteiger partial charge in [0.2, 0.25) is 0 Å². The lowest BCUT2D eigenvalue weighted by Gasteiger charge is -1.93. The van der Waals surface area contributed by atoms with Crippen LogP contribution in [0.3, 0.4) is 0 Å². The number of benzene rings is 1. The summed E-state index contributed by atoms with van der Waals surface area (Å²) >= 11 is 11.5. The van der Waals surface area contributed by atoms with E-state index in [1.54, 1.807) is 0 Å². The molecule has 0 aliphatic heterocycles. The Morgan fingerprint density at radius 3 is 2.79 bits per heavy atom. The Morgan fingerprint density at radius 1 is 1.43 bits per heavy atom. The summed E-state index contributed by atoms with van der Waals surface area (Å²) in [5, 5.41) is 13.2. The van der Waals surface area contributed by atoms with Crippen LogP contribution in [-0.2, 0) is 0 Å². The van der Waals surface area contributed by atoms with Crippen molar-refractivity contribution in [3.05, 3.63) is 27.9 Å². The Morgan fingerprint density at radius 2 is 2.14 bits per heavy atom. The molecule has 1 heterocycles. The van der Waals surface area contributed by atoms with Gasteiger partial charge in [-0.2, -0.15) is 0 Å². The molecule has 0 amide bonds. The normalized spacial score (nSPS) is 10.7. The molecule has 1 aromatic carbocycles. The van der Waals surface area contributed by atoms with Crippen LogP contribution >= 0.6 is 23.2 Å². The van der Waals surface area contributed by atoms with Gasteiger partial charge < -0.3 is 9.63 Å². The summed E-state index contributed by atoms with van der Waals surface area (Å²) < 4.78 is 4.62. The fourth-order valence-electron chi connectivity index (χ4n) is 1.13. The van der Waals surface area contributed by atoms with E-state index in [1.165, 1.54) is 12.1 Å². The van der Waals surface area contributed by atoms with Crippen molar-refractivity contribution < 1.29 is 14.4 Å². The van der Waals surface area contributed by atoms with Gasteiger partial charge in [0.15, 0.2) is 0 Å². The van der Waals surface area contributed by atoms with Gasteiger partial charge in [-0.25, -0.2) is 4.79 Å². The number of hydrogen-bond donors (Lipinski definition) is 1. The maximum Gasteiger partial charge on any atom is 0.375 e. The zero-order valence-electron chi connectivity index (χ0n) is 6.62. The minimum atomic E-state index is -1.20. The second-order valence-electron chi connectivity index (χ2n) is 2.60. The second kappa shape index (κ2) is 3.15. The van der Waals surface area contributed by atoms with Crippen molar-refractivity contribution >= 4 is 40.1 Å². The average molecular weight is 232 g/mol. The summed E-state index contributed by atoms with van der Waals surface area (Å²) in [4.78, 5) is 10.7. The van der Waals surface area contributed by atoms with Crippen LogP contribution in [0.4, 0.5) is 0 Å². The van der Waals surface area contributed by atoms with Crippen molar-refractivity contribution in [3.63, 3.8) is 0 Å². The van der Waals surface area contributed by atoms with E-state index in [0.29, 0.717) is 15.9 Å². The van der Waals surface area contributed by atoms with Crippen molar-refractivity contribution in [2.45, 2.75) is 0 Å². The van der Waals surface area contributed by atoms with E-state index in [0.717, 1.165) is 0 Å². The van der Waals surface area contributed by atoms with Crippen LogP contribution in [-0.4, -0.2) is 16.2 Å². The van der Waals surface area contributed by atoms with Crippen molar-refractivity contribution in [1.29, 1.82) is 0 Å². The molecule has 0 bridgehead atoms. The lowest BCUT2D eigenvalue weighted by Crippen LogP contribution is -1.93. The van der Waals surface area contributed by atoms with E-state index in [9.17, 15) is 4.79 Å². The maximum absolute atomic E-state index is 10.7. The summed E-state index contributed by atoms with van der Waals surface area (Å²) in [7, 11) is 0. The Balaban J connectivity index is 2.85. The molecule has 72 valence electrons. The number of nitrogens with zero attached hydrogens (tertiary/aromatic N) is 1. The van der Waals surface area contributed by atoms with Gasteiger partial charge >= 0.3 is 5.97 Å². The SMILES string of the molecule is O=C(O)c1onc2c(Cl)cc(Cl)cc12. The highest BCUT2D eigenvalue weighted by Crippen LogP contribution is 2.29. The number of aromatic nitrogens is 1. The number of aromatic carboxylic acids is 1. The van der Waals surface area contributed by atoms with Gasteiger partial charge in [0, 0.05) is 5.02 Å². The third-order valence-electron chi connectivity index (χ3n) is 1.70. The van der Waals surface area contributed by atoms with Crippen LogP contribution in [0.2, 0.25) is 10.0 Å². The van der Waals surface area contributed by atoms with Gasteiger partial charge in [-0.3, -0.25) is 0 Å². The van der Waals surface area contributed by atoms with Crippen molar-refractivity contribution in [2.75, 3.05) is 0 Å². The molecular formula is C8H3Cl2NO3. The highest BCUT2D eigenvalue weighted by molar-refractivity contribution is 6.38. The predicted molar refractivity (Wildman–Crippen MR) is 51.0 cm³/mol. The first-order valence-electron chi connectivity index (χ1n) is 3.57. The molecule has 0 spiro atoms. The van der Waals surface area contributed by atoms with Gasteiger partial charge in [-0.15, -0.1) is 0 Å². The molecule has 4 nitrogen and oxygen atoms in total. The Bertz CT molecular complexity index is 521. The molecule has 0 saturated heterocycles. The Kier molecular flexibility index (Phi) is 2.09. The van der Waals surface area contributed by atoms with Crippen LogP contribution in [0.25, 0.3) is 10.9 Å². The number of carbonyl (C=O) groups is 1. The number of rotatable bonds is 1. The van der Waals surface area contributed by atoms with Crippen molar-refractivity contribution in [2.24, 2.45) is 0 Å². The molecule has 14 heavy (non-hydrogen) atoms. The average Bonchev–Trinajstić information content (AvgIpc) is 2.47. The molecule has 6 heteroatoms. The van der Waals surface area contributed by atoms with E-state index < -0.39 is 5.97 Å². The molecule has 2 rings (SSSR count). The van der Waals surface area contributed by atoms with Crippen LogP contribution in [0, 0.1) is 0 Å². The summed E-state index contributed by atoms with van der Waals surface area (Å²) in [6.07, 6.45) is 0. The number of carboxylic acid groups (broad SMARTS) is 1. The summed E-state index contributed by atoms with van der Waals surface area (Å²) in [6, 6.07) is 2.92. The fourth-order valence-corrected chi connectivity index (χ4v) is 1.65. The first-order chi connectivity index (χ1) is 6.59. The molecule has 0 radical (unpaired) electrons. The molecule has 1 N–H and O–H groups in total. The summed E-state index contributed by atoms with van der Waals surface area (Å²) in [5.74, 6) is -1.46. The first kappa shape index (κ1) is 9.30. The highest BCUT2D eigenvalue weighted by Gasteiger charge is 2.17. The lowest BCUT2D eigenvalue weighted by molar-refractivity contribution is 0.0655. The summed E-state index contributed by atoms with van der Waals surface area (Å²) in [5.41, 5.74) is 0.300. The number of hydrogen-bond acceptors (Lipinski definition) is 3. The molecule has 2 aromatic rings. The maximum atomic E-state index is 10.7. The van der Waals surface area contributed by atoms with E-state index in [4.69, 9.17) is 28.3 Å². The van der Waals surface area contributed by atoms with Gasteiger partial charge in [-0.1, -0.05) is 28.4 Å². The molecule has 0 unspecified atom stereocenters. The molecule has 0 saturated carbocycles. The third kappa shape index (κ3) is 1.32. The van der Waals surface area contributed by atoms with Gasteiger partial charge in [0.05, 0.1) is 10.4 Å². The van der Waals surface area contributed by atoms with E-state index >= 15 is 0 Å². The number of carboxylic acids is 1. The molecule has 0 aliphatic carbocycles. The second-order valence-corrected chi connectivity index (χ2v) is 3.44. The Hall–Kier alpha value is -1.26. The van der Waals surface area contributed by atoms with Crippen LogP contribution in [0.5, 0.6) is 0 Å². The lowest BCUT2D eigenvalue weighted by atomic mass is 10.2. The molecule has 1 aromatic heterocycles. The van der Waals surface area contributed by atoms with E-state index in [1.807, 2.05) is 0 Å². The van der Waals surface area contributed by atoms with E-state index in [2.05, 4.69) is 9.68 Å². The highest BCUT2D eigenvalue weighted by atomic mass is 35.5. The van der Waals surface area contributed by atoms with Crippen LogP contribution in [0.15, 0.2) is 16.7 Å². The molecule has 0 aliphatic rings. The Labute approximate surface area is 88.0 Å². The van der Waals surface area contributed by atoms with Gasteiger partial charge in [0.25, 0.3) is 5.76 Å². The minimum Gasteiger partial charge on any atom is -0.475 e. The number of fused-ring (bicyclic) bond motifs is 1. The third-order valence-corrected chi connectivity index (χ3v) is 2.20. The molecule has 0 fully saturated rings. The van der Waals surface area contributed by atoms with Crippen molar-refractivity contribution in [3.8, 4) is 0 Å². The zero-order chi connectivity index (χ0) is 10.3. The molecule has 0 atom stereocenters. The smallest absolute Gasteiger partial charge is 0.375 e. The zero-order valence-corrected chi connectivity index (χ0v) is 8.13. The minimum absolute atomic E-state index is 0.260. The van der Waals surface area contributed by atoms with Gasteiger partial charge in [0.1, 0.15) is 5.52 Å². The topological polar surface area (TPSA) is 63.3 Å². The molecular weight excluding hydrogens is 229 g/mol. The monoisotopic (exact) mass is 231 g/mol. The fraction of sp³-hybridized carbons (Fsp3) is 0.